The number of rotatable bonds is 18. The Morgan fingerprint density at radius 2 is 0.739 bits per heavy atom. The lowest BCUT2D eigenvalue weighted by atomic mass is 9.91. The highest BCUT2D eigenvalue weighted by Gasteiger charge is 2.32. The summed E-state index contributed by atoms with van der Waals surface area (Å²) in [5, 5.41) is 31.9. The van der Waals surface area contributed by atoms with Gasteiger partial charge in [0.25, 0.3) is 0 Å². The number of methoxy groups -OCH3 is 3. The molecule has 618 valence electrons. The van der Waals surface area contributed by atoms with E-state index in [1.54, 1.807) is 72.5 Å². The van der Waals surface area contributed by atoms with Crippen molar-refractivity contribution in [2.24, 2.45) is 0 Å². The molecule has 27 nitrogen and oxygen atoms in total. The van der Waals surface area contributed by atoms with Gasteiger partial charge in [-0.2, -0.15) is 20.4 Å². The number of likely N-dealkylation sites (tertiary alicyclic amines) is 3. The molecule has 3 saturated carbocycles. The maximum absolute atomic E-state index is 12.4. The highest BCUT2D eigenvalue weighted by atomic mass is 16.6. The summed E-state index contributed by atoms with van der Waals surface area (Å²) < 4.78 is 28.6. The number of nitrogens with one attached hydrogen (secondary N) is 1. The predicted molar refractivity (Wildman–Crippen MR) is 437 cm³/mol. The topological polar surface area (TPSA) is 304 Å². The molecule has 0 spiro atoms. The highest BCUT2D eigenvalue weighted by Crippen LogP contribution is 2.34. The van der Waals surface area contributed by atoms with Gasteiger partial charge in [-0.05, 0) is 253 Å². The first-order valence-electron chi connectivity index (χ1n) is 41.6. The summed E-state index contributed by atoms with van der Waals surface area (Å²) in [7, 11) is 4.19. The van der Waals surface area contributed by atoms with Crippen LogP contribution in [0.5, 0.6) is 0 Å². The number of aryl methyl sites for hydroxylation is 4. The number of carboxylic acids is 1. The van der Waals surface area contributed by atoms with E-state index in [0.717, 1.165) is 170 Å². The maximum atomic E-state index is 12.4. The Kier molecular flexibility index (Phi) is 31.1. The van der Waals surface area contributed by atoms with E-state index in [1.165, 1.54) is 111 Å². The molecule has 8 aromatic rings. The average molecular weight is 1580 g/mol. The van der Waals surface area contributed by atoms with Crippen LogP contribution in [0.4, 0.5) is 4.79 Å². The number of carbonyl (C=O) groups is 6. The van der Waals surface area contributed by atoms with E-state index in [9.17, 15) is 33.9 Å². The molecule has 7 aliphatic rings. The lowest BCUT2D eigenvalue weighted by Crippen LogP contribution is -2.40. The Morgan fingerprint density at radius 1 is 0.409 bits per heavy atom. The molecular weight excluding hydrogens is 1460 g/mol. The van der Waals surface area contributed by atoms with Gasteiger partial charge in [-0.15, -0.1) is 0 Å². The number of nitrogens with zero attached hydrogens (tertiary/aromatic N) is 15. The van der Waals surface area contributed by atoms with Crippen LogP contribution in [0, 0.1) is 27.7 Å². The van der Waals surface area contributed by atoms with Gasteiger partial charge in [0.2, 0.25) is 0 Å². The minimum absolute atomic E-state index is 0.217. The van der Waals surface area contributed by atoms with Crippen LogP contribution < -0.4 is 5.32 Å². The fourth-order valence-electron chi connectivity index (χ4n) is 16.2. The van der Waals surface area contributed by atoms with E-state index in [0.29, 0.717) is 84.9 Å². The summed E-state index contributed by atoms with van der Waals surface area (Å²) in [6, 6.07) is 9.89. The van der Waals surface area contributed by atoms with Crippen LogP contribution in [0.1, 0.15) is 288 Å². The van der Waals surface area contributed by atoms with Crippen molar-refractivity contribution in [2.45, 2.75) is 251 Å². The smallest absolute Gasteiger partial charge is 0.410 e. The third-order valence-electron chi connectivity index (χ3n) is 23.6. The Hall–Kier alpha value is -9.86. The first kappa shape index (κ1) is 86.0. The Balaban J connectivity index is 0.000000148. The summed E-state index contributed by atoms with van der Waals surface area (Å²) in [6.07, 6.45) is 48.1. The van der Waals surface area contributed by atoms with E-state index < -0.39 is 11.6 Å². The number of aromatic nitrogens is 12. The molecule has 4 saturated heterocycles. The summed E-state index contributed by atoms with van der Waals surface area (Å²) in [5.41, 5.74) is 13.2. The number of esters is 3. The molecule has 115 heavy (non-hydrogen) atoms. The van der Waals surface area contributed by atoms with Gasteiger partial charge in [0.1, 0.15) is 11.4 Å². The van der Waals surface area contributed by atoms with Gasteiger partial charge in [-0.3, -0.25) is 43.5 Å². The molecule has 8 aromatic heterocycles. The SMILES string of the molecule is COC(=O)c1ccncc1Cc1cn([C@H]2CCCN(C(=O)OC(C)(C)C)CC2)nc1C.COC(=O)c1ccncc1Cc1cn([C@H]2CCCN(C3CCC3)CC2)nc1C.COC(=O)c1ccncc1Cc1cn([C@H]2CCCNCC2)nc1C.Cc1nn([C@H]2CCCN(C3CCC3)CC2)cc1Cc1cnccc1C(=O)O.O=C1CCC1. The number of ketones is 1. The van der Waals surface area contributed by atoms with E-state index in [1.807, 2.05) is 46.2 Å². The molecule has 1 amide bonds. The van der Waals surface area contributed by atoms with Crippen molar-refractivity contribution in [1.82, 2.24) is 79.1 Å². The van der Waals surface area contributed by atoms with Crippen LogP contribution in [0.25, 0.3) is 0 Å². The number of Topliss-reactive ketones (excluding diaryl/α,β-unsaturated/α-hetero) is 1. The quantitative estimate of drug-likeness (QED) is 0.0595. The zero-order valence-electron chi connectivity index (χ0n) is 69.3. The maximum Gasteiger partial charge on any atom is 0.410 e. The number of aromatic carboxylic acids is 1. The summed E-state index contributed by atoms with van der Waals surface area (Å²) in [5.74, 6) is -1.48. The van der Waals surface area contributed by atoms with Crippen molar-refractivity contribution < 1.29 is 52.8 Å². The monoisotopic (exact) mass is 1580 g/mol. The van der Waals surface area contributed by atoms with Gasteiger partial charge >= 0.3 is 30.0 Å². The molecule has 0 bridgehead atoms. The van der Waals surface area contributed by atoms with E-state index in [4.69, 9.17) is 39.3 Å². The van der Waals surface area contributed by atoms with Gasteiger partial charge in [-0.1, -0.05) is 12.8 Å². The Labute approximate surface area is 677 Å². The van der Waals surface area contributed by atoms with Crippen molar-refractivity contribution in [3.8, 4) is 0 Å². The number of hydrogen-bond acceptors (Lipinski definition) is 21. The second-order valence-electron chi connectivity index (χ2n) is 32.7. The van der Waals surface area contributed by atoms with Gasteiger partial charge in [0.05, 0.1) is 90.5 Å². The number of carboxylic acid groups (broad SMARTS) is 1. The molecule has 0 aromatic carbocycles. The minimum atomic E-state index is -0.905. The normalized spacial score (nSPS) is 19.6. The molecule has 0 radical (unpaired) electrons. The number of carbonyl (C=O) groups excluding carboxylic acids is 5. The van der Waals surface area contributed by atoms with Crippen molar-refractivity contribution in [3.05, 3.63) is 188 Å². The number of pyridine rings is 4. The second-order valence-corrected chi connectivity index (χ2v) is 32.7. The van der Waals surface area contributed by atoms with E-state index in [2.05, 4.69) is 80.8 Å². The molecule has 7 fully saturated rings. The lowest BCUT2D eigenvalue weighted by molar-refractivity contribution is -0.123. The molecule has 12 heterocycles. The van der Waals surface area contributed by atoms with Crippen LogP contribution in [0.2, 0.25) is 0 Å². The third-order valence-corrected chi connectivity index (χ3v) is 23.6. The molecule has 4 aliphatic heterocycles. The zero-order valence-corrected chi connectivity index (χ0v) is 69.3. The third kappa shape index (κ3) is 23.9. The van der Waals surface area contributed by atoms with Crippen molar-refractivity contribution in [1.29, 1.82) is 0 Å². The lowest BCUT2D eigenvalue weighted by Gasteiger charge is -2.36. The Morgan fingerprint density at radius 3 is 1.07 bits per heavy atom. The van der Waals surface area contributed by atoms with Gasteiger partial charge in [0.15, 0.2) is 0 Å². The molecule has 15 rings (SSSR count). The van der Waals surface area contributed by atoms with Crippen molar-refractivity contribution in [2.75, 3.05) is 73.7 Å². The predicted octanol–water partition coefficient (Wildman–Crippen LogP) is 13.9. The number of ether oxygens (including phenoxy) is 4. The molecular formula is C88H120N16O11. The Bertz CT molecular complexity index is 4530. The van der Waals surface area contributed by atoms with Gasteiger partial charge < -0.3 is 44.1 Å². The zero-order chi connectivity index (χ0) is 81.5. The highest BCUT2D eigenvalue weighted by molar-refractivity contribution is 5.92. The van der Waals surface area contributed by atoms with E-state index in [-0.39, 0.29) is 30.0 Å². The fourth-order valence-corrected chi connectivity index (χ4v) is 16.2. The summed E-state index contributed by atoms with van der Waals surface area (Å²) in [6.45, 7) is 22.0. The standard InChI is InChI=1S/C23H32N4O4.C22H30N4O2.C21H28N4O2.C18H24N4O2.C4H6O/c1-16-18(13-17-14-24-10-8-20(17)21(28)30-5)15-27(25-16)19-7-6-11-26(12-9-19)22(29)31-23(2,3)4;1-16-18(13-17-14-23-10-8-21(17)22(27)28-2)15-26(24-16)20-7-4-11-25(12-9-20)19-5-3-6-19;1-15-17(12-16-13-22-9-7-20(16)21(26)27)14-25(23-15)19-6-3-10-24(11-8-19)18-4-2-5-18;1-13-15(10-14-11-20-9-6-17(14)18(23)24-2)12-22(21-13)16-4-3-7-19-8-5-16;5-4-2-1-3-4/h8,10,14-15,19H,6-7,9,11-13H2,1-5H3;8,10,14-15,19-20H,3-7,9,11-13H2,1-2H3;7,9,13-14,18-19H,2-6,8,10-12H2,1H3,(H,26,27);6,9,11-12,16,19H,3-5,7-8,10H2,1-2H3;1-3H2/t19-;20-;19-;16-;/m0000./s1. The van der Waals surface area contributed by atoms with Crippen LogP contribution in [-0.4, -0.2) is 206 Å². The second kappa shape index (κ2) is 41.6. The van der Waals surface area contributed by atoms with Crippen LogP contribution in [0.15, 0.2) is 98.6 Å². The number of amides is 1. The van der Waals surface area contributed by atoms with Gasteiger partial charge in [-0.25, -0.2) is 24.0 Å². The first-order valence-corrected chi connectivity index (χ1v) is 41.6. The summed E-state index contributed by atoms with van der Waals surface area (Å²) >= 11 is 0. The molecule has 27 heteroatoms. The van der Waals surface area contributed by atoms with Crippen molar-refractivity contribution >= 4 is 35.8 Å². The van der Waals surface area contributed by atoms with Crippen LogP contribution >= 0.6 is 0 Å². The van der Waals surface area contributed by atoms with Crippen LogP contribution in [0.3, 0.4) is 0 Å². The van der Waals surface area contributed by atoms with E-state index >= 15 is 0 Å². The molecule has 0 unspecified atom stereocenters. The minimum Gasteiger partial charge on any atom is -0.478 e. The largest absolute Gasteiger partial charge is 0.478 e. The average Bonchev–Trinajstić information content (AvgIpc) is 1.72. The van der Waals surface area contributed by atoms with Crippen LogP contribution in [-0.2, 0) is 49.4 Å². The summed E-state index contributed by atoms with van der Waals surface area (Å²) in [4.78, 5) is 93.6. The molecule has 3 aliphatic carbocycles. The van der Waals surface area contributed by atoms with Crippen molar-refractivity contribution in [3.63, 3.8) is 0 Å². The number of hydrogen-bond donors (Lipinski definition) is 2. The molecule has 4 atom stereocenters. The first-order chi connectivity index (χ1) is 55.5. The molecule has 2 N–H and O–H groups in total. The van der Waals surface area contributed by atoms with Gasteiger partial charge in [0, 0.05) is 151 Å². The fraction of sp³-hybridized carbons (Fsp3) is 0.568.